The number of hydrogen-bond donors (Lipinski definition) is 3. The lowest BCUT2D eigenvalue weighted by Gasteiger charge is -2.29. The standard InChI is InChI=1S/C30H36N6O2/c37-30(34-24-5-6-25(33-19-24)21-35-12-14-38-15-13-35)27-8-9-32-29-7-4-22(17-28(27)29)23-16-26(20-31-18-23)36-10-2-1-3-11-36/h4-8,16-20,30,32,34,37H,1-3,9-15,21H2. The molecule has 0 aliphatic carbocycles. The second-order valence-electron chi connectivity index (χ2n) is 10.3. The molecule has 38 heavy (non-hydrogen) atoms. The first-order valence-corrected chi connectivity index (χ1v) is 13.7. The molecule has 5 heterocycles. The van der Waals surface area contributed by atoms with Crippen LogP contribution in [-0.4, -0.2) is 72.1 Å². The van der Waals surface area contributed by atoms with Gasteiger partial charge in [0, 0.05) is 67.9 Å². The molecule has 198 valence electrons. The van der Waals surface area contributed by atoms with E-state index >= 15 is 0 Å². The van der Waals surface area contributed by atoms with Crippen molar-refractivity contribution in [1.29, 1.82) is 0 Å². The number of rotatable bonds is 7. The fraction of sp³-hybridized carbons (Fsp3) is 0.400. The highest BCUT2D eigenvalue weighted by Crippen LogP contribution is 2.35. The van der Waals surface area contributed by atoms with Crippen LogP contribution in [0.5, 0.6) is 0 Å². The molecular weight excluding hydrogens is 476 g/mol. The van der Waals surface area contributed by atoms with E-state index in [2.05, 4.69) is 54.7 Å². The van der Waals surface area contributed by atoms with Crippen LogP contribution >= 0.6 is 0 Å². The number of morpholine rings is 1. The number of nitrogens with one attached hydrogen (secondary N) is 2. The van der Waals surface area contributed by atoms with Gasteiger partial charge in [-0.3, -0.25) is 14.9 Å². The summed E-state index contributed by atoms with van der Waals surface area (Å²) in [5.41, 5.74) is 8.04. The maximum absolute atomic E-state index is 11.2. The van der Waals surface area contributed by atoms with Gasteiger partial charge in [-0.25, -0.2) is 0 Å². The Morgan fingerprint density at radius 1 is 0.947 bits per heavy atom. The van der Waals surface area contributed by atoms with Crippen molar-refractivity contribution in [2.45, 2.75) is 32.0 Å². The third kappa shape index (κ3) is 5.67. The fourth-order valence-electron chi connectivity index (χ4n) is 5.49. The average Bonchev–Trinajstić information content (AvgIpc) is 2.98. The molecule has 0 bridgehead atoms. The lowest BCUT2D eigenvalue weighted by Crippen LogP contribution is -2.35. The Labute approximate surface area is 224 Å². The molecule has 8 heteroatoms. The fourth-order valence-corrected chi connectivity index (χ4v) is 5.49. The van der Waals surface area contributed by atoms with Gasteiger partial charge in [-0.2, -0.15) is 0 Å². The third-order valence-corrected chi connectivity index (χ3v) is 7.64. The molecular formula is C30H36N6O2. The van der Waals surface area contributed by atoms with E-state index in [4.69, 9.17) is 4.74 Å². The van der Waals surface area contributed by atoms with E-state index < -0.39 is 6.23 Å². The highest BCUT2D eigenvalue weighted by molar-refractivity contribution is 5.85. The molecule has 8 nitrogen and oxygen atoms in total. The van der Waals surface area contributed by atoms with E-state index in [-0.39, 0.29) is 0 Å². The summed E-state index contributed by atoms with van der Waals surface area (Å²) in [5.74, 6) is 0. The minimum Gasteiger partial charge on any atom is -0.381 e. The lowest BCUT2D eigenvalue weighted by atomic mass is 9.94. The van der Waals surface area contributed by atoms with Crippen LogP contribution in [0.15, 0.2) is 61.1 Å². The van der Waals surface area contributed by atoms with E-state index in [1.807, 2.05) is 30.6 Å². The highest BCUT2D eigenvalue weighted by Gasteiger charge is 2.21. The van der Waals surface area contributed by atoms with Gasteiger partial charge in [-0.05, 0) is 55.2 Å². The molecule has 2 aromatic heterocycles. The minimum atomic E-state index is -0.851. The zero-order chi connectivity index (χ0) is 25.7. The number of benzene rings is 1. The van der Waals surface area contributed by atoms with E-state index in [0.717, 1.165) is 85.3 Å². The molecule has 1 atom stereocenters. The van der Waals surface area contributed by atoms with Crippen LogP contribution in [0.3, 0.4) is 0 Å². The Bertz CT molecular complexity index is 1270. The van der Waals surface area contributed by atoms with Crippen LogP contribution in [0.25, 0.3) is 16.7 Å². The first-order valence-electron chi connectivity index (χ1n) is 13.7. The quantitative estimate of drug-likeness (QED) is 0.406. The van der Waals surface area contributed by atoms with Crippen molar-refractivity contribution in [1.82, 2.24) is 14.9 Å². The van der Waals surface area contributed by atoms with Crippen LogP contribution in [0, 0.1) is 0 Å². The number of nitrogens with zero attached hydrogens (tertiary/aromatic N) is 4. The topological polar surface area (TPSA) is 85.8 Å². The summed E-state index contributed by atoms with van der Waals surface area (Å²) in [7, 11) is 0. The van der Waals surface area contributed by atoms with Gasteiger partial charge in [0.05, 0.1) is 42.7 Å². The number of pyridine rings is 2. The Morgan fingerprint density at radius 3 is 2.63 bits per heavy atom. The number of anilines is 3. The lowest BCUT2D eigenvalue weighted by molar-refractivity contribution is 0.0336. The molecule has 3 aliphatic rings. The van der Waals surface area contributed by atoms with Gasteiger partial charge >= 0.3 is 0 Å². The van der Waals surface area contributed by atoms with Crippen LogP contribution in [0.4, 0.5) is 17.1 Å². The van der Waals surface area contributed by atoms with Gasteiger partial charge in [0.15, 0.2) is 6.23 Å². The molecule has 3 N–H and O–H groups in total. The summed E-state index contributed by atoms with van der Waals surface area (Å²) in [6.45, 7) is 7.08. The summed E-state index contributed by atoms with van der Waals surface area (Å²) >= 11 is 0. The number of hydrogen-bond acceptors (Lipinski definition) is 8. The molecule has 0 spiro atoms. The molecule has 3 aliphatic heterocycles. The van der Waals surface area contributed by atoms with Gasteiger partial charge in [0.2, 0.25) is 0 Å². The monoisotopic (exact) mass is 512 g/mol. The molecule has 1 unspecified atom stereocenters. The first kappa shape index (κ1) is 24.9. The van der Waals surface area contributed by atoms with Crippen molar-refractivity contribution in [3.63, 3.8) is 0 Å². The van der Waals surface area contributed by atoms with Crippen LogP contribution < -0.4 is 15.5 Å². The number of ether oxygens (including phenoxy) is 1. The summed E-state index contributed by atoms with van der Waals surface area (Å²) in [6.07, 6.45) is 10.7. The van der Waals surface area contributed by atoms with E-state index in [0.29, 0.717) is 6.54 Å². The minimum absolute atomic E-state index is 0.670. The molecule has 6 rings (SSSR count). The van der Waals surface area contributed by atoms with Crippen molar-refractivity contribution in [3.05, 3.63) is 72.3 Å². The van der Waals surface area contributed by atoms with Crippen LogP contribution in [0.1, 0.15) is 30.5 Å². The normalized spacial score (nSPS) is 18.8. The van der Waals surface area contributed by atoms with Gasteiger partial charge in [-0.15, -0.1) is 0 Å². The SMILES string of the molecule is OC(Nc1ccc(CN2CCOCC2)nc1)C1=CCNc2ccc(-c3cncc(N4CCCCC4)c3)cc21. The maximum atomic E-state index is 11.2. The number of piperidine rings is 1. The zero-order valence-electron chi connectivity index (χ0n) is 21.8. The van der Waals surface area contributed by atoms with Crippen LogP contribution in [0.2, 0.25) is 0 Å². The Hall–Kier alpha value is -3.46. The second kappa shape index (κ2) is 11.5. The summed E-state index contributed by atoms with van der Waals surface area (Å²) in [6, 6.07) is 12.6. The maximum Gasteiger partial charge on any atom is 0.151 e. The summed E-state index contributed by atoms with van der Waals surface area (Å²) < 4.78 is 5.43. The molecule has 0 radical (unpaired) electrons. The molecule has 1 aromatic carbocycles. The Kier molecular flexibility index (Phi) is 7.53. The predicted molar refractivity (Wildman–Crippen MR) is 152 cm³/mol. The largest absolute Gasteiger partial charge is 0.381 e. The number of aromatic nitrogens is 2. The Morgan fingerprint density at radius 2 is 1.82 bits per heavy atom. The Balaban J connectivity index is 1.17. The molecule has 2 saturated heterocycles. The van der Waals surface area contributed by atoms with Crippen molar-refractivity contribution >= 4 is 22.6 Å². The average molecular weight is 513 g/mol. The number of aliphatic hydroxyl groups excluding tert-OH is 1. The molecule has 0 amide bonds. The van der Waals surface area contributed by atoms with Crippen molar-refractivity contribution in [2.24, 2.45) is 0 Å². The second-order valence-corrected chi connectivity index (χ2v) is 10.3. The van der Waals surface area contributed by atoms with Gasteiger partial charge < -0.3 is 25.4 Å². The predicted octanol–water partition coefficient (Wildman–Crippen LogP) is 4.21. The number of fused-ring (bicyclic) bond motifs is 1. The highest BCUT2D eigenvalue weighted by atomic mass is 16.5. The third-order valence-electron chi connectivity index (χ3n) is 7.64. The van der Waals surface area contributed by atoms with Crippen molar-refractivity contribution in [2.75, 3.05) is 61.5 Å². The zero-order valence-corrected chi connectivity index (χ0v) is 21.8. The van der Waals surface area contributed by atoms with Crippen molar-refractivity contribution < 1.29 is 9.84 Å². The first-order chi connectivity index (χ1) is 18.7. The van der Waals surface area contributed by atoms with Gasteiger partial charge in [0.25, 0.3) is 0 Å². The summed E-state index contributed by atoms with van der Waals surface area (Å²) in [4.78, 5) is 13.9. The smallest absolute Gasteiger partial charge is 0.151 e. The van der Waals surface area contributed by atoms with Gasteiger partial charge in [0.1, 0.15) is 0 Å². The summed E-state index contributed by atoms with van der Waals surface area (Å²) in [5, 5.41) is 17.9. The molecule has 2 fully saturated rings. The van der Waals surface area contributed by atoms with E-state index in [1.165, 1.54) is 24.9 Å². The number of aliphatic hydroxyl groups is 1. The van der Waals surface area contributed by atoms with E-state index in [1.54, 1.807) is 6.20 Å². The van der Waals surface area contributed by atoms with Crippen molar-refractivity contribution in [3.8, 4) is 11.1 Å². The molecule has 3 aromatic rings. The van der Waals surface area contributed by atoms with E-state index in [9.17, 15) is 5.11 Å². The van der Waals surface area contributed by atoms with Gasteiger partial charge in [-0.1, -0.05) is 12.1 Å². The molecule has 0 saturated carbocycles. The van der Waals surface area contributed by atoms with Crippen LogP contribution in [-0.2, 0) is 11.3 Å².